The number of rotatable bonds is 5. The van der Waals surface area contributed by atoms with Gasteiger partial charge in [0.05, 0.1) is 35.2 Å². The highest BCUT2D eigenvalue weighted by Crippen LogP contribution is 2.52. The van der Waals surface area contributed by atoms with E-state index in [0.717, 1.165) is 30.5 Å². The van der Waals surface area contributed by atoms with E-state index < -0.39 is 11.7 Å². The third kappa shape index (κ3) is 5.04. The molecule has 3 aromatic carbocycles. The molecule has 1 amide bonds. The highest BCUT2D eigenvalue weighted by molar-refractivity contribution is 6.30. The first-order chi connectivity index (χ1) is 19.1. The monoisotopic (exact) mass is 563 g/mol. The summed E-state index contributed by atoms with van der Waals surface area (Å²) in [6.45, 7) is 0.591. The quantitative estimate of drug-likeness (QED) is 0.309. The van der Waals surface area contributed by atoms with E-state index >= 15 is 0 Å². The number of carbonyl (C=O) groups excluding carboxylic acids is 1. The van der Waals surface area contributed by atoms with Gasteiger partial charge in [-0.05, 0) is 59.4 Å². The number of nitrogens with zero attached hydrogens (tertiary/aromatic N) is 2. The Morgan fingerprint density at radius 1 is 1.00 bits per heavy atom. The van der Waals surface area contributed by atoms with Crippen LogP contribution in [0.15, 0.2) is 77.6 Å². The molecule has 1 fully saturated rings. The van der Waals surface area contributed by atoms with Crippen molar-refractivity contribution in [3.63, 3.8) is 0 Å². The lowest BCUT2D eigenvalue weighted by atomic mass is 9.94. The average molecular weight is 564 g/mol. The van der Waals surface area contributed by atoms with Gasteiger partial charge in [-0.15, -0.1) is 0 Å². The summed E-state index contributed by atoms with van der Waals surface area (Å²) in [6, 6.07) is 19.7. The van der Waals surface area contributed by atoms with E-state index in [9.17, 15) is 22.8 Å². The summed E-state index contributed by atoms with van der Waals surface area (Å²) >= 11 is 6.21. The molecule has 0 bridgehead atoms. The van der Waals surface area contributed by atoms with Gasteiger partial charge in [-0.25, -0.2) is 4.98 Å². The smallest absolute Gasteiger partial charge is 0.337 e. The molecule has 2 aliphatic rings. The fraction of sp³-hybridized carbons (Fsp3) is 0.258. The molecule has 6 rings (SSSR count). The fourth-order valence-corrected chi connectivity index (χ4v) is 5.65. The SMILES string of the molecule is O=C(Cc1cccc(-c2cccc(C(F)(F)F)c2)c1)N1CCc2nc(C3(c4cccc(Cl)c4)CC3)[nH]c(=O)c2C1. The van der Waals surface area contributed by atoms with E-state index in [2.05, 4.69) is 4.98 Å². The predicted molar refractivity (Wildman–Crippen MR) is 146 cm³/mol. The van der Waals surface area contributed by atoms with Gasteiger partial charge in [-0.2, -0.15) is 13.2 Å². The van der Waals surface area contributed by atoms with E-state index in [1.165, 1.54) is 6.07 Å². The molecule has 0 atom stereocenters. The lowest BCUT2D eigenvalue weighted by molar-refractivity contribution is -0.137. The van der Waals surface area contributed by atoms with Crippen molar-refractivity contribution in [3.05, 3.63) is 122 Å². The second-order valence-corrected chi connectivity index (χ2v) is 10.9. The fourth-order valence-electron chi connectivity index (χ4n) is 5.46. The number of fused-ring (bicyclic) bond motifs is 1. The van der Waals surface area contributed by atoms with Gasteiger partial charge >= 0.3 is 6.18 Å². The highest BCUT2D eigenvalue weighted by Gasteiger charge is 2.49. The minimum atomic E-state index is -4.43. The molecule has 1 aliphatic carbocycles. The van der Waals surface area contributed by atoms with E-state index in [4.69, 9.17) is 16.6 Å². The average Bonchev–Trinajstić information content (AvgIpc) is 3.75. The van der Waals surface area contributed by atoms with Crippen molar-refractivity contribution in [1.29, 1.82) is 0 Å². The molecule has 0 saturated heterocycles. The van der Waals surface area contributed by atoms with Gasteiger partial charge in [0.2, 0.25) is 5.91 Å². The van der Waals surface area contributed by atoms with Crippen LogP contribution in [-0.2, 0) is 35.8 Å². The first-order valence-electron chi connectivity index (χ1n) is 13.1. The van der Waals surface area contributed by atoms with Crippen molar-refractivity contribution >= 4 is 17.5 Å². The maximum Gasteiger partial charge on any atom is 0.416 e. The van der Waals surface area contributed by atoms with Gasteiger partial charge < -0.3 is 9.88 Å². The Balaban J connectivity index is 1.19. The number of hydrogen-bond donors (Lipinski definition) is 1. The molecule has 1 N–H and O–H groups in total. The summed E-state index contributed by atoms with van der Waals surface area (Å²) in [5.74, 6) is 0.484. The van der Waals surface area contributed by atoms with Gasteiger partial charge in [-0.1, -0.05) is 60.1 Å². The van der Waals surface area contributed by atoms with Crippen LogP contribution < -0.4 is 5.56 Å². The van der Waals surface area contributed by atoms with Gasteiger partial charge in [0.15, 0.2) is 0 Å². The van der Waals surface area contributed by atoms with Crippen LogP contribution in [0.25, 0.3) is 11.1 Å². The van der Waals surface area contributed by atoms with Gasteiger partial charge in [0.25, 0.3) is 5.56 Å². The van der Waals surface area contributed by atoms with E-state index in [-0.39, 0.29) is 29.8 Å². The number of aromatic amines is 1. The Kier molecular flexibility index (Phi) is 6.53. The zero-order chi connectivity index (χ0) is 28.1. The first-order valence-corrected chi connectivity index (χ1v) is 13.4. The molecule has 0 spiro atoms. The second-order valence-electron chi connectivity index (χ2n) is 10.5. The Bertz CT molecular complexity index is 1680. The lowest BCUT2D eigenvalue weighted by Gasteiger charge is -2.29. The van der Waals surface area contributed by atoms with Crippen LogP contribution in [-0.4, -0.2) is 27.3 Å². The lowest BCUT2D eigenvalue weighted by Crippen LogP contribution is -2.41. The number of carbonyl (C=O) groups is 1. The molecule has 2 heterocycles. The van der Waals surface area contributed by atoms with Crippen LogP contribution in [0.2, 0.25) is 5.02 Å². The van der Waals surface area contributed by atoms with Crippen LogP contribution in [0, 0.1) is 0 Å². The van der Waals surface area contributed by atoms with Crippen molar-refractivity contribution in [3.8, 4) is 11.1 Å². The van der Waals surface area contributed by atoms with Crippen LogP contribution in [0.4, 0.5) is 13.2 Å². The number of benzene rings is 3. The molecule has 0 radical (unpaired) electrons. The number of hydrogen-bond acceptors (Lipinski definition) is 3. The van der Waals surface area contributed by atoms with Crippen LogP contribution in [0.3, 0.4) is 0 Å². The number of nitrogens with one attached hydrogen (secondary N) is 1. The number of aromatic nitrogens is 2. The summed E-state index contributed by atoms with van der Waals surface area (Å²) in [5.41, 5.74) is 2.64. The molecule has 5 nitrogen and oxygen atoms in total. The third-order valence-electron chi connectivity index (χ3n) is 7.81. The largest absolute Gasteiger partial charge is 0.416 e. The molecule has 40 heavy (non-hydrogen) atoms. The molecule has 204 valence electrons. The zero-order valence-corrected chi connectivity index (χ0v) is 22.1. The summed E-state index contributed by atoms with van der Waals surface area (Å²) in [6.07, 6.45) is -2.15. The Labute approximate surface area is 233 Å². The number of halogens is 4. The van der Waals surface area contributed by atoms with Crippen molar-refractivity contribution in [2.75, 3.05) is 6.54 Å². The van der Waals surface area contributed by atoms with E-state index in [1.54, 1.807) is 35.2 Å². The van der Waals surface area contributed by atoms with Crippen LogP contribution in [0.1, 0.15) is 46.6 Å². The summed E-state index contributed by atoms with van der Waals surface area (Å²) in [4.78, 5) is 35.8. The van der Waals surface area contributed by atoms with Crippen molar-refractivity contribution < 1.29 is 18.0 Å². The number of amides is 1. The molecular weight excluding hydrogens is 539 g/mol. The summed E-state index contributed by atoms with van der Waals surface area (Å²) in [5, 5.41) is 0.638. The van der Waals surface area contributed by atoms with Crippen molar-refractivity contribution in [1.82, 2.24) is 14.9 Å². The highest BCUT2D eigenvalue weighted by atomic mass is 35.5. The number of H-pyrrole nitrogens is 1. The minimum Gasteiger partial charge on any atom is -0.337 e. The van der Waals surface area contributed by atoms with E-state index in [1.807, 2.05) is 24.3 Å². The molecule has 1 aliphatic heterocycles. The number of alkyl halides is 3. The summed E-state index contributed by atoms with van der Waals surface area (Å²) in [7, 11) is 0. The zero-order valence-electron chi connectivity index (χ0n) is 21.4. The first kappa shape index (κ1) is 26.3. The Morgan fingerprint density at radius 2 is 1.73 bits per heavy atom. The van der Waals surface area contributed by atoms with Gasteiger partial charge in [0, 0.05) is 18.0 Å². The molecule has 0 unspecified atom stereocenters. The van der Waals surface area contributed by atoms with Gasteiger partial charge in [0.1, 0.15) is 5.82 Å². The molecule has 1 aromatic heterocycles. The van der Waals surface area contributed by atoms with Crippen LogP contribution in [0.5, 0.6) is 0 Å². The molecule has 4 aromatic rings. The van der Waals surface area contributed by atoms with Gasteiger partial charge in [-0.3, -0.25) is 9.59 Å². The minimum absolute atomic E-state index is 0.0728. The standard InChI is InChI=1S/C31H25ClF3N3O2/c32-24-9-3-7-22(17-24)30(11-12-30)29-36-26-10-13-38(18-25(26)28(40)37-29)27(39)15-19-4-1-5-20(14-19)21-6-2-8-23(16-21)31(33,34)35/h1-9,14,16-17H,10-13,15,18H2,(H,36,37,40). The normalized spacial score (nSPS) is 15.9. The maximum absolute atomic E-state index is 13.2. The van der Waals surface area contributed by atoms with Crippen LogP contribution >= 0.6 is 11.6 Å². The Morgan fingerprint density at radius 3 is 2.45 bits per heavy atom. The Hall–Kier alpha value is -3.91. The second kappa shape index (κ2) is 9.93. The van der Waals surface area contributed by atoms with E-state index in [0.29, 0.717) is 51.8 Å². The predicted octanol–water partition coefficient (Wildman–Crippen LogP) is 6.32. The molecule has 9 heteroatoms. The summed E-state index contributed by atoms with van der Waals surface area (Å²) < 4.78 is 39.5. The maximum atomic E-state index is 13.2. The molecule has 1 saturated carbocycles. The van der Waals surface area contributed by atoms with Crippen molar-refractivity contribution in [2.45, 2.75) is 43.8 Å². The topological polar surface area (TPSA) is 66.1 Å². The molecular formula is C31H25ClF3N3O2. The third-order valence-corrected chi connectivity index (χ3v) is 8.04. The van der Waals surface area contributed by atoms with Crippen molar-refractivity contribution in [2.24, 2.45) is 0 Å².